The van der Waals surface area contributed by atoms with Gasteiger partial charge >= 0.3 is 0 Å². The highest BCUT2D eigenvalue weighted by molar-refractivity contribution is 8.15. The van der Waals surface area contributed by atoms with Gasteiger partial charge in [0, 0.05) is 10.7 Å². The smallest absolute Gasteiger partial charge is 0.270 e. The topological polar surface area (TPSA) is 88.5 Å². The highest BCUT2D eigenvalue weighted by Gasteiger charge is 2.52. The van der Waals surface area contributed by atoms with Crippen LogP contribution in [0, 0.1) is 0 Å². The fourth-order valence-corrected chi connectivity index (χ4v) is 4.55. The zero-order chi connectivity index (χ0) is 14.2. The first-order valence-corrected chi connectivity index (χ1v) is 9.70. The van der Waals surface area contributed by atoms with Crippen molar-refractivity contribution in [2.75, 3.05) is 0 Å². The molecule has 2 aliphatic carbocycles. The van der Waals surface area contributed by atoms with Gasteiger partial charge in [0.15, 0.2) is 0 Å². The van der Waals surface area contributed by atoms with Crippen molar-refractivity contribution in [3.05, 3.63) is 0 Å². The lowest BCUT2D eigenvalue weighted by molar-refractivity contribution is 0.461. The van der Waals surface area contributed by atoms with Gasteiger partial charge in [-0.3, -0.25) is 4.55 Å². The van der Waals surface area contributed by atoms with E-state index in [0.29, 0.717) is 25.7 Å². The van der Waals surface area contributed by atoms with Crippen LogP contribution in [0.25, 0.3) is 0 Å². The molecule has 0 unspecified atom stereocenters. The van der Waals surface area contributed by atoms with Gasteiger partial charge in [0.2, 0.25) is 9.05 Å². The Morgan fingerprint density at radius 3 is 1.26 bits per heavy atom. The lowest BCUT2D eigenvalue weighted by atomic mass is 10.3. The highest BCUT2D eigenvalue weighted by Crippen LogP contribution is 2.48. The van der Waals surface area contributed by atoms with Crippen molar-refractivity contribution < 1.29 is 21.4 Å². The number of hydrogen-bond donors (Lipinski definition) is 1. The maximum Gasteiger partial charge on any atom is 0.270 e. The van der Waals surface area contributed by atoms with E-state index in [1.54, 1.807) is 6.92 Å². The van der Waals surface area contributed by atoms with Crippen molar-refractivity contribution in [1.29, 1.82) is 0 Å². The summed E-state index contributed by atoms with van der Waals surface area (Å²) in [6.07, 6.45) is 3.93. The van der Waals surface area contributed by atoms with Crippen LogP contribution in [0.4, 0.5) is 0 Å². The lowest BCUT2D eigenvalue weighted by Crippen LogP contribution is -2.20. The average Bonchev–Trinajstić information content (AvgIpc) is 3.11. The van der Waals surface area contributed by atoms with Crippen molar-refractivity contribution in [1.82, 2.24) is 0 Å². The van der Waals surface area contributed by atoms with Crippen molar-refractivity contribution >= 4 is 29.9 Å². The maximum absolute atomic E-state index is 10.7. The summed E-state index contributed by atoms with van der Waals surface area (Å²) in [4.78, 5) is 0. The molecule has 8 heteroatoms. The molecule has 116 valence electrons. The molecule has 0 aromatic heterocycles. The first-order chi connectivity index (χ1) is 8.04. The molecule has 0 aromatic carbocycles. The van der Waals surface area contributed by atoms with Crippen molar-refractivity contribution in [3.8, 4) is 0 Å². The van der Waals surface area contributed by atoms with Crippen LogP contribution in [-0.2, 0) is 19.2 Å². The summed E-state index contributed by atoms with van der Waals surface area (Å²) < 4.78 is 49.7. The molecule has 0 heterocycles. The highest BCUT2D eigenvalue weighted by atomic mass is 35.7. The predicted octanol–water partition coefficient (Wildman–Crippen LogP) is 2.95. The largest absolute Gasteiger partial charge is 0.285 e. The third-order valence-corrected chi connectivity index (χ3v) is 8.47. The summed E-state index contributed by atoms with van der Waals surface area (Å²) in [6, 6.07) is 0. The summed E-state index contributed by atoms with van der Waals surface area (Å²) >= 11 is 0. The third kappa shape index (κ3) is 4.06. The van der Waals surface area contributed by atoms with E-state index in [4.69, 9.17) is 15.2 Å². The van der Waals surface area contributed by atoms with Gasteiger partial charge in [-0.1, -0.05) is 21.3 Å². The van der Waals surface area contributed by atoms with Crippen molar-refractivity contribution in [3.63, 3.8) is 0 Å². The molecule has 0 saturated heterocycles. The quantitative estimate of drug-likeness (QED) is 0.630. The van der Waals surface area contributed by atoms with Crippen LogP contribution in [0.2, 0.25) is 0 Å². The zero-order valence-electron chi connectivity index (χ0n) is 10.5. The minimum atomic E-state index is -3.74. The Morgan fingerprint density at radius 2 is 1.26 bits per heavy atom. The Labute approximate surface area is 120 Å². The molecular formula is C11H23ClO5S2. The Hall–Kier alpha value is 0.150. The molecule has 5 nitrogen and oxygen atoms in total. The number of rotatable bonds is 4. The maximum atomic E-state index is 10.7. The normalized spacial score (nSPS) is 22.5. The van der Waals surface area contributed by atoms with Gasteiger partial charge < -0.3 is 0 Å². The van der Waals surface area contributed by atoms with Gasteiger partial charge in [0.1, 0.15) is 0 Å². The van der Waals surface area contributed by atoms with E-state index in [0.717, 1.165) is 12.8 Å². The van der Waals surface area contributed by atoms with Crippen LogP contribution in [-0.4, -0.2) is 30.9 Å². The molecule has 19 heavy (non-hydrogen) atoms. The van der Waals surface area contributed by atoms with Gasteiger partial charge in [-0.2, -0.15) is 8.42 Å². The standard InChI is InChI=1S/C5H9ClO2S.C5H10O3S.CH4/c2*1-2-5(3-4-5)9(6,7)8;/h2-4H2,1H3;2-4H2,1H3,(H,6,7,8);1H4. The van der Waals surface area contributed by atoms with Gasteiger partial charge in [-0.15, -0.1) is 0 Å². The molecule has 2 saturated carbocycles. The van der Waals surface area contributed by atoms with E-state index < -0.39 is 28.7 Å². The van der Waals surface area contributed by atoms with Gasteiger partial charge in [0.05, 0.1) is 9.49 Å². The third-order valence-electron chi connectivity index (χ3n) is 3.97. The SMILES string of the molecule is C.CCC1(S(=O)(=O)Cl)CC1.CCC1(S(=O)(=O)O)CC1. The molecule has 0 atom stereocenters. The van der Waals surface area contributed by atoms with Crippen molar-refractivity contribution in [2.24, 2.45) is 0 Å². The Kier molecular flexibility index (Phi) is 5.92. The first kappa shape index (κ1) is 19.1. The molecule has 0 spiro atoms. The zero-order valence-corrected chi connectivity index (χ0v) is 12.9. The monoisotopic (exact) mass is 334 g/mol. The second-order valence-electron chi connectivity index (χ2n) is 4.99. The molecule has 2 aliphatic rings. The molecule has 2 rings (SSSR count). The van der Waals surface area contributed by atoms with E-state index in [9.17, 15) is 16.8 Å². The number of hydrogen-bond acceptors (Lipinski definition) is 4. The second kappa shape index (κ2) is 5.87. The molecule has 2 fully saturated rings. The van der Waals surface area contributed by atoms with E-state index in [1.165, 1.54) is 0 Å². The molecule has 0 aromatic rings. The molecule has 0 amide bonds. The van der Waals surface area contributed by atoms with Crippen LogP contribution in [0.15, 0.2) is 0 Å². The fraction of sp³-hybridized carbons (Fsp3) is 1.00. The van der Waals surface area contributed by atoms with Crippen LogP contribution in [0.1, 0.15) is 59.8 Å². The Morgan fingerprint density at radius 1 is 0.947 bits per heavy atom. The second-order valence-corrected chi connectivity index (χ2v) is 9.76. The minimum absolute atomic E-state index is 0. The predicted molar refractivity (Wildman–Crippen MR) is 77.6 cm³/mol. The summed E-state index contributed by atoms with van der Waals surface area (Å²) in [7, 11) is -1.85. The molecule has 0 aliphatic heterocycles. The summed E-state index contributed by atoms with van der Waals surface area (Å²) in [6.45, 7) is 3.63. The van der Waals surface area contributed by atoms with Crippen LogP contribution in [0.5, 0.6) is 0 Å². The van der Waals surface area contributed by atoms with Crippen LogP contribution in [0.3, 0.4) is 0 Å². The van der Waals surface area contributed by atoms with Crippen molar-refractivity contribution in [2.45, 2.75) is 69.3 Å². The van der Waals surface area contributed by atoms with E-state index in [2.05, 4.69) is 0 Å². The summed E-state index contributed by atoms with van der Waals surface area (Å²) in [5, 5.41) is 0. The lowest BCUT2D eigenvalue weighted by Gasteiger charge is -2.05. The van der Waals surface area contributed by atoms with Crippen LogP contribution < -0.4 is 0 Å². The average molecular weight is 335 g/mol. The Balaban J connectivity index is 0.000000324. The van der Waals surface area contributed by atoms with E-state index >= 15 is 0 Å². The molecular weight excluding hydrogens is 312 g/mol. The molecule has 1 N–H and O–H groups in total. The first-order valence-electron chi connectivity index (χ1n) is 5.95. The van der Waals surface area contributed by atoms with Crippen LogP contribution >= 0.6 is 10.7 Å². The molecule has 0 radical (unpaired) electrons. The fourth-order valence-electron chi connectivity index (χ4n) is 1.84. The number of halogens is 1. The minimum Gasteiger partial charge on any atom is -0.285 e. The van der Waals surface area contributed by atoms with E-state index in [-0.39, 0.29) is 7.43 Å². The summed E-state index contributed by atoms with van der Waals surface area (Å²) in [5.41, 5.74) is 0. The Bertz CT molecular complexity index is 453. The van der Waals surface area contributed by atoms with Gasteiger partial charge in [-0.25, -0.2) is 8.42 Å². The molecule has 0 bridgehead atoms. The van der Waals surface area contributed by atoms with Gasteiger partial charge in [0.25, 0.3) is 10.1 Å². The van der Waals surface area contributed by atoms with E-state index in [1.807, 2.05) is 6.92 Å². The summed E-state index contributed by atoms with van der Waals surface area (Å²) in [5.74, 6) is 0. The van der Waals surface area contributed by atoms with Gasteiger partial charge in [-0.05, 0) is 38.5 Å².